The lowest BCUT2D eigenvalue weighted by atomic mass is 9.76. The number of hydrogen-bond acceptors (Lipinski definition) is 4. The maximum absolute atomic E-state index is 13.2. The minimum Gasteiger partial charge on any atom is -0.481 e. The first-order chi connectivity index (χ1) is 11.7. The Balaban J connectivity index is 2.03. The van der Waals surface area contributed by atoms with Gasteiger partial charge in [0.05, 0.1) is 22.1 Å². The Morgan fingerprint density at radius 1 is 1.32 bits per heavy atom. The third kappa shape index (κ3) is 2.58. The molecule has 0 spiro atoms. The summed E-state index contributed by atoms with van der Waals surface area (Å²) in [5.41, 5.74) is 1.85. The average molecular weight is 344 g/mol. The molecule has 3 heterocycles. The number of likely N-dealkylation sites (tertiary alicyclic amines) is 1. The second-order valence-electron chi connectivity index (χ2n) is 7.31. The third-order valence-electron chi connectivity index (χ3n) is 5.45. The van der Waals surface area contributed by atoms with E-state index in [1.165, 1.54) is 0 Å². The van der Waals surface area contributed by atoms with Gasteiger partial charge in [0.2, 0.25) is 0 Å². The molecule has 2 aromatic heterocycles. The lowest BCUT2D eigenvalue weighted by molar-refractivity contribution is -0.150. The molecule has 1 N–H and O–H groups in total. The van der Waals surface area contributed by atoms with Gasteiger partial charge >= 0.3 is 5.97 Å². The first-order valence-electron chi connectivity index (χ1n) is 8.51. The summed E-state index contributed by atoms with van der Waals surface area (Å²) in [6, 6.07) is 1.77. The van der Waals surface area contributed by atoms with E-state index in [0.29, 0.717) is 24.2 Å². The van der Waals surface area contributed by atoms with Crippen molar-refractivity contribution in [1.29, 1.82) is 0 Å². The number of hydrogen-bond donors (Lipinski definition) is 1. The fourth-order valence-electron chi connectivity index (χ4n) is 3.81. The molecule has 7 heteroatoms. The quantitative estimate of drug-likeness (QED) is 0.922. The number of amides is 1. The van der Waals surface area contributed by atoms with Gasteiger partial charge in [-0.05, 0) is 32.3 Å². The van der Waals surface area contributed by atoms with Gasteiger partial charge in [-0.25, -0.2) is 4.98 Å². The molecule has 1 unspecified atom stereocenters. The highest BCUT2D eigenvalue weighted by Crippen LogP contribution is 2.39. The Morgan fingerprint density at radius 2 is 2.00 bits per heavy atom. The highest BCUT2D eigenvalue weighted by Gasteiger charge is 2.48. The van der Waals surface area contributed by atoms with Crippen LogP contribution in [0, 0.1) is 25.2 Å². The van der Waals surface area contributed by atoms with Gasteiger partial charge in [-0.1, -0.05) is 13.8 Å². The van der Waals surface area contributed by atoms with Gasteiger partial charge < -0.3 is 10.0 Å². The van der Waals surface area contributed by atoms with Crippen LogP contribution in [0.5, 0.6) is 0 Å². The van der Waals surface area contributed by atoms with Crippen molar-refractivity contribution in [2.75, 3.05) is 13.1 Å². The molecule has 0 aliphatic carbocycles. The van der Waals surface area contributed by atoms with E-state index in [4.69, 9.17) is 0 Å². The number of carboxylic acids is 1. The molecule has 0 aromatic carbocycles. The summed E-state index contributed by atoms with van der Waals surface area (Å²) < 4.78 is 1.67. The van der Waals surface area contributed by atoms with E-state index in [2.05, 4.69) is 10.1 Å². The Bertz CT molecular complexity index is 871. The molecular weight excluding hydrogens is 320 g/mol. The molecule has 134 valence electrons. The molecule has 1 amide bonds. The average Bonchev–Trinajstić information content (AvgIpc) is 3.09. The number of carboxylic acid groups (broad SMARTS) is 1. The molecule has 1 atom stereocenters. The van der Waals surface area contributed by atoms with E-state index >= 15 is 0 Å². The van der Waals surface area contributed by atoms with Crippen molar-refractivity contribution in [3.8, 4) is 0 Å². The van der Waals surface area contributed by atoms with Crippen molar-refractivity contribution in [2.45, 2.75) is 34.1 Å². The van der Waals surface area contributed by atoms with Crippen LogP contribution in [-0.4, -0.2) is 49.7 Å². The zero-order valence-corrected chi connectivity index (χ0v) is 15.3. The molecule has 7 nitrogen and oxygen atoms in total. The van der Waals surface area contributed by atoms with Crippen LogP contribution in [0.4, 0.5) is 0 Å². The minimum absolute atomic E-state index is 0.0397. The highest BCUT2D eigenvalue weighted by molar-refractivity contribution is 6.06. The SMILES string of the molecule is Cc1cc(C(=O)N2CCC(C(=O)O)(C(C)C)C2)c2c(C)nn(C)c2n1. The summed E-state index contributed by atoms with van der Waals surface area (Å²) in [5.74, 6) is -1.01. The zero-order chi connectivity index (χ0) is 18.5. The normalized spacial score (nSPS) is 20.6. The Labute approximate surface area is 146 Å². The van der Waals surface area contributed by atoms with Crippen molar-refractivity contribution < 1.29 is 14.7 Å². The van der Waals surface area contributed by atoms with E-state index in [1.807, 2.05) is 27.7 Å². The first kappa shape index (κ1) is 17.4. The number of nitrogens with zero attached hydrogens (tertiary/aromatic N) is 4. The van der Waals surface area contributed by atoms with Crippen LogP contribution in [0.15, 0.2) is 6.07 Å². The second-order valence-corrected chi connectivity index (χ2v) is 7.31. The maximum Gasteiger partial charge on any atom is 0.311 e. The summed E-state index contributed by atoms with van der Waals surface area (Å²) in [6.45, 7) is 8.20. The lowest BCUT2D eigenvalue weighted by Gasteiger charge is -2.28. The molecule has 0 bridgehead atoms. The zero-order valence-electron chi connectivity index (χ0n) is 15.3. The van der Waals surface area contributed by atoms with Crippen molar-refractivity contribution in [2.24, 2.45) is 18.4 Å². The molecule has 2 aromatic rings. The van der Waals surface area contributed by atoms with E-state index in [1.54, 1.807) is 22.7 Å². The van der Waals surface area contributed by atoms with Gasteiger partial charge in [0.1, 0.15) is 0 Å². The molecule has 3 rings (SSSR count). The number of aromatic nitrogens is 3. The van der Waals surface area contributed by atoms with Gasteiger partial charge in [-0.3, -0.25) is 14.3 Å². The van der Waals surface area contributed by atoms with Gasteiger partial charge in [0.15, 0.2) is 5.65 Å². The number of fused-ring (bicyclic) bond motifs is 1. The van der Waals surface area contributed by atoms with Crippen LogP contribution in [0.25, 0.3) is 11.0 Å². The maximum atomic E-state index is 13.2. The highest BCUT2D eigenvalue weighted by atomic mass is 16.4. The van der Waals surface area contributed by atoms with E-state index in [0.717, 1.165) is 16.8 Å². The van der Waals surface area contributed by atoms with Gasteiger partial charge in [-0.15, -0.1) is 0 Å². The summed E-state index contributed by atoms with van der Waals surface area (Å²) in [7, 11) is 1.81. The summed E-state index contributed by atoms with van der Waals surface area (Å²) >= 11 is 0. The molecule has 0 radical (unpaired) electrons. The number of carbonyl (C=O) groups excluding carboxylic acids is 1. The minimum atomic E-state index is -0.874. The predicted octanol–water partition coefficient (Wildman–Crippen LogP) is 2.16. The van der Waals surface area contributed by atoms with Crippen LogP contribution in [0.3, 0.4) is 0 Å². The van der Waals surface area contributed by atoms with Crippen molar-refractivity contribution >= 4 is 22.9 Å². The third-order valence-corrected chi connectivity index (χ3v) is 5.45. The van der Waals surface area contributed by atoms with Crippen molar-refractivity contribution in [3.63, 3.8) is 0 Å². The van der Waals surface area contributed by atoms with Gasteiger partial charge in [0, 0.05) is 25.8 Å². The molecule has 25 heavy (non-hydrogen) atoms. The van der Waals surface area contributed by atoms with Gasteiger partial charge in [-0.2, -0.15) is 5.10 Å². The molecule has 1 aliphatic rings. The molecule has 0 saturated carbocycles. The fourth-order valence-corrected chi connectivity index (χ4v) is 3.81. The number of pyridine rings is 1. The largest absolute Gasteiger partial charge is 0.481 e. The Hall–Kier alpha value is -2.44. The second kappa shape index (κ2) is 5.82. The van der Waals surface area contributed by atoms with Crippen LogP contribution in [-0.2, 0) is 11.8 Å². The van der Waals surface area contributed by atoms with E-state index < -0.39 is 11.4 Å². The van der Waals surface area contributed by atoms with Gasteiger partial charge in [0.25, 0.3) is 5.91 Å². The van der Waals surface area contributed by atoms with Crippen LogP contribution >= 0.6 is 0 Å². The lowest BCUT2D eigenvalue weighted by Crippen LogP contribution is -2.40. The molecule has 1 aliphatic heterocycles. The fraction of sp³-hybridized carbons (Fsp3) is 0.556. The molecule has 1 fully saturated rings. The Kier molecular flexibility index (Phi) is 4.05. The standard InChI is InChI=1S/C18H24N4O3/c1-10(2)18(17(24)25)6-7-22(9-18)16(23)13-8-11(3)19-15-14(13)12(4)20-21(15)5/h8,10H,6-7,9H2,1-5H3,(H,24,25). The number of aryl methyl sites for hydroxylation is 3. The van der Waals surface area contributed by atoms with Crippen molar-refractivity contribution in [3.05, 3.63) is 23.0 Å². The number of rotatable bonds is 3. The smallest absolute Gasteiger partial charge is 0.311 e. The monoisotopic (exact) mass is 344 g/mol. The van der Waals surface area contributed by atoms with Crippen LogP contribution < -0.4 is 0 Å². The van der Waals surface area contributed by atoms with Crippen LogP contribution in [0.2, 0.25) is 0 Å². The summed E-state index contributed by atoms with van der Waals surface area (Å²) in [6.07, 6.45) is 0.477. The summed E-state index contributed by atoms with van der Waals surface area (Å²) in [5, 5.41) is 14.8. The summed E-state index contributed by atoms with van der Waals surface area (Å²) in [4.78, 5) is 31.2. The van der Waals surface area contributed by atoms with E-state index in [9.17, 15) is 14.7 Å². The van der Waals surface area contributed by atoms with Crippen LogP contribution in [0.1, 0.15) is 42.0 Å². The molecular formula is C18H24N4O3. The Morgan fingerprint density at radius 3 is 2.56 bits per heavy atom. The molecule has 1 saturated heterocycles. The first-order valence-corrected chi connectivity index (χ1v) is 8.51. The topological polar surface area (TPSA) is 88.3 Å². The predicted molar refractivity (Wildman–Crippen MR) is 93.4 cm³/mol. The van der Waals surface area contributed by atoms with E-state index in [-0.39, 0.29) is 18.4 Å². The number of carbonyl (C=O) groups is 2. The number of aliphatic carboxylic acids is 1. The van der Waals surface area contributed by atoms with Crippen molar-refractivity contribution in [1.82, 2.24) is 19.7 Å².